The fourth-order valence-electron chi connectivity index (χ4n) is 2.85. The van der Waals surface area contributed by atoms with Crippen molar-refractivity contribution in [2.45, 2.75) is 44.0 Å². The molecule has 5 heteroatoms. The normalized spacial score (nSPS) is 18.5. The largest absolute Gasteiger partial charge is 0.385 e. The van der Waals surface area contributed by atoms with Gasteiger partial charge in [-0.15, -0.1) is 0 Å². The fraction of sp³-hybridized carbons (Fsp3) is 0.625. The molecule has 0 radical (unpaired) electrons. The molecule has 0 heterocycles. The van der Waals surface area contributed by atoms with E-state index in [0.29, 0.717) is 11.5 Å². The number of hydrogen-bond acceptors (Lipinski definition) is 5. The van der Waals surface area contributed by atoms with Crippen LogP contribution >= 0.6 is 0 Å². The summed E-state index contributed by atoms with van der Waals surface area (Å²) in [6.45, 7) is 0.494. The second-order valence-corrected chi connectivity index (χ2v) is 6.00. The Balaban J connectivity index is 1.97. The molecule has 6 N–H and O–H groups in total. The summed E-state index contributed by atoms with van der Waals surface area (Å²) in [5.41, 5.74) is 6.59. The highest BCUT2D eigenvalue weighted by Gasteiger charge is 2.32. The maximum absolute atomic E-state index is 9.98. The summed E-state index contributed by atoms with van der Waals surface area (Å²) in [5.74, 6) is -1.60. The Morgan fingerprint density at radius 2 is 1.95 bits per heavy atom. The molecule has 1 unspecified atom stereocenters. The number of anilines is 1. The van der Waals surface area contributed by atoms with Gasteiger partial charge in [0.15, 0.2) is 0 Å². The van der Waals surface area contributed by atoms with Crippen LogP contribution in [-0.4, -0.2) is 34.2 Å². The zero-order valence-corrected chi connectivity index (χ0v) is 12.3. The van der Waals surface area contributed by atoms with Gasteiger partial charge in [-0.1, -0.05) is 31.4 Å². The highest BCUT2D eigenvalue weighted by Crippen LogP contribution is 2.27. The predicted molar refractivity (Wildman–Crippen MR) is 82.7 cm³/mol. The van der Waals surface area contributed by atoms with Gasteiger partial charge < -0.3 is 26.4 Å². The van der Waals surface area contributed by atoms with E-state index in [9.17, 15) is 15.3 Å². The minimum absolute atomic E-state index is 0.423. The molecule has 0 bridgehead atoms. The molecule has 1 atom stereocenters. The maximum atomic E-state index is 9.98. The van der Waals surface area contributed by atoms with Crippen molar-refractivity contribution >= 4 is 5.69 Å². The summed E-state index contributed by atoms with van der Waals surface area (Å²) in [7, 11) is 0. The van der Waals surface area contributed by atoms with Gasteiger partial charge in [0.25, 0.3) is 0 Å². The third kappa shape index (κ3) is 4.41. The number of hydrogen-bond donors (Lipinski definition) is 5. The van der Waals surface area contributed by atoms with Crippen molar-refractivity contribution in [3.63, 3.8) is 0 Å². The molecule has 1 aromatic rings. The number of nitrogens with two attached hydrogens (primary N) is 1. The quantitative estimate of drug-likeness (QED) is 0.510. The number of rotatable bonds is 6. The monoisotopic (exact) mass is 294 g/mol. The van der Waals surface area contributed by atoms with E-state index >= 15 is 0 Å². The highest BCUT2D eigenvalue weighted by molar-refractivity contribution is 5.46. The van der Waals surface area contributed by atoms with Crippen LogP contribution in [0.2, 0.25) is 0 Å². The smallest absolute Gasteiger partial charge is 0.206 e. The van der Waals surface area contributed by atoms with Crippen LogP contribution in [-0.2, 0) is 0 Å². The van der Waals surface area contributed by atoms with E-state index in [1.807, 2.05) is 6.07 Å². The van der Waals surface area contributed by atoms with E-state index in [-0.39, 0.29) is 0 Å². The Morgan fingerprint density at radius 1 is 1.24 bits per heavy atom. The first-order valence-corrected chi connectivity index (χ1v) is 7.69. The van der Waals surface area contributed by atoms with Crippen LogP contribution in [0.4, 0.5) is 5.69 Å². The van der Waals surface area contributed by atoms with E-state index in [0.717, 1.165) is 12.2 Å². The van der Waals surface area contributed by atoms with E-state index < -0.39 is 18.4 Å². The standard InChI is InChI=1S/C16H26N2O3/c17-11-16(20,21)15(19)13-7-4-8-14(9-13)18-10-12-5-2-1-3-6-12/h4,7-9,12,15,18-21H,1-3,5-6,10-11,17H2. The first-order valence-electron chi connectivity index (χ1n) is 7.69. The summed E-state index contributed by atoms with van der Waals surface area (Å²) in [4.78, 5) is 0. The summed E-state index contributed by atoms with van der Waals surface area (Å²) < 4.78 is 0. The van der Waals surface area contributed by atoms with Crippen LogP contribution in [0.3, 0.4) is 0 Å². The summed E-state index contributed by atoms with van der Waals surface area (Å²) in [6.07, 6.45) is 5.06. The van der Waals surface area contributed by atoms with Crippen LogP contribution in [0.1, 0.15) is 43.8 Å². The average Bonchev–Trinajstić information content (AvgIpc) is 2.53. The van der Waals surface area contributed by atoms with Crippen molar-refractivity contribution in [3.05, 3.63) is 29.8 Å². The van der Waals surface area contributed by atoms with Gasteiger partial charge in [-0.05, 0) is 36.5 Å². The first kappa shape index (κ1) is 16.2. The average molecular weight is 294 g/mol. The van der Waals surface area contributed by atoms with Gasteiger partial charge in [-0.25, -0.2) is 0 Å². The number of benzene rings is 1. The zero-order chi connectivity index (χ0) is 15.3. The molecule has 1 fully saturated rings. The molecular formula is C16H26N2O3. The molecule has 0 aromatic heterocycles. The molecule has 21 heavy (non-hydrogen) atoms. The Kier molecular flexibility index (Phi) is 5.58. The van der Waals surface area contributed by atoms with Gasteiger partial charge in [0.2, 0.25) is 5.79 Å². The van der Waals surface area contributed by atoms with Crippen molar-refractivity contribution in [1.82, 2.24) is 0 Å². The first-order chi connectivity index (χ1) is 10.0. The zero-order valence-electron chi connectivity index (χ0n) is 12.3. The SMILES string of the molecule is NCC(O)(O)C(O)c1cccc(NCC2CCCCC2)c1. The lowest BCUT2D eigenvalue weighted by molar-refractivity contribution is -0.219. The van der Waals surface area contributed by atoms with E-state index in [2.05, 4.69) is 5.32 Å². The van der Waals surface area contributed by atoms with E-state index in [4.69, 9.17) is 5.73 Å². The van der Waals surface area contributed by atoms with Crippen LogP contribution in [0.5, 0.6) is 0 Å². The summed E-state index contributed by atoms with van der Waals surface area (Å²) >= 11 is 0. The molecule has 0 aliphatic heterocycles. The summed E-state index contributed by atoms with van der Waals surface area (Å²) in [6, 6.07) is 7.10. The van der Waals surface area contributed by atoms with Gasteiger partial charge in [0.1, 0.15) is 6.10 Å². The maximum Gasteiger partial charge on any atom is 0.206 e. The second kappa shape index (κ2) is 7.22. The van der Waals surface area contributed by atoms with Crippen molar-refractivity contribution in [3.8, 4) is 0 Å². The molecule has 2 rings (SSSR count). The molecule has 5 nitrogen and oxygen atoms in total. The van der Waals surface area contributed by atoms with Crippen molar-refractivity contribution in [2.75, 3.05) is 18.4 Å². The van der Waals surface area contributed by atoms with Gasteiger partial charge in [-0.2, -0.15) is 0 Å². The van der Waals surface area contributed by atoms with Crippen LogP contribution in [0.15, 0.2) is 24.3 Å². The topological polar surface area (TPSA) is 98.7 Å². The molecule has 0 amide bonds. The van der Waals surface area contributed by atoms with Gasteiger partial charge in [0, 0.05) is 18.8 Å². The van der Waals surface area contributed by atoms with E-state index in [1.165, 1.54) is 32.1 Å². The third-order valence-corrected chi connectivity index (χ3v) is 4.26. The molecule has 1 aliphatic carbocycles. The molecule has 0 spiro atoms. The highest BCUT2D eigenvalue weighted by atomic mass is 16.5. The Bertz CT molecular complexity index is 445. The Labute approximate surface area is 125 Å². The Hall–Kier alpha value is -1.14. The van der Waals surface area contributed by atoms with Crippen molar-refractivity contribution in [1.29, 1.82) is 0 Å². The second-order valence-electron chi connectivity index (χ2n) is 6.00. The lowest BCUT2D eigenvalue weighted by Crippen LogP contribution is -2.43. The lowest BCUT2D eigenvalue weighted by Gasteiger charge is -2.26. The lowest BCUT2D eigenvalue weighted by atomic mass is 9.89. The van der Waals surface area contributed by atoms with Crippen molar-refractivity contribution in [2.24, 2.45) is 11.7 Å². The molecule has 1 aliphatic rings. The van der Waals surface area contributed by atoms with Crippen LogP contribution in [0.25, 0.3) is 0 Å². The fourth-order valence-corrected chi connectivity index (χ4v) is 2.85. The van der Waals surface area contributed by atoms with E-state index in [1.54, 1.807) is 18.2 Å². The van der Waals surface area contributed by atoms with Gasteiger partial charge in [-0.3, -0.25) is 0 Å². The minimum atomic E-state index is -2.30. The van der Waals surface area contributed by atoms with Crippen LogP contribution < -0.4 is 11.1 Å². The minimum Gasteiger partial charge on any atom is -0.385 e. The molecule has 1 aromatic carbocycles. The number of aliphatic hydroxyl groups excluding tert-OH is 1. The third-order valence-electron chi connectivity index (χ3n) is 4.26. The molecule has 118 valence electrons. The summed E-state index contributed by atoms with van der Waals surface area (Å²) in [5, 5.41) is 32.6. The van der Waals surface area contributed by atoms with Gasteiger partial charge >= 0.3 is 0 Å². The Morgan fingerprint density at radius 3 is 2.62 bits per heavy atom. The molecule has 0 saturated heterocycles. The van der Waals surface area contributed by atoms with Crippen molar-refractivity contribution < 1.29 is 15.3 Å². The number of nitrogens with one attached hydrogen (secondary N) is 1. The van der Waals surface area contributed by atoms with Crippen LogP contribution in [0, 0.1) is 5.92 Å². The molecule has 1 saturated carbocycles. The predicted octanol–water partition coefficient (Wildman–Crippen LogP) is 1.35. The molecular weight excluding hydrogens is 268 g/mol. The van der Waals surface area contributed by atoms with Gasteiger partial charge in [0.05, 0.1) is 0 Å². The number of aliphatic hydroxyl groups is 3.